The zero-order valence-electron chi connectivity index (χ0n) is 19.8. The first-order valence-electron chi connectivity index (χ1n) is 11.6. The van der Waals surface area contributed by atoms with Gasteiger partial charge in [0.05, 0.1) is 31.0 Å². The van der Waals surface area contributed by atoms with Crippen LogP contribution in [0.25, 0.3) is 4.85 Å². The highest BCUT2D eigenvalue weighted by molar-refractivity contribution is 5.93. The van der Waals surface area contributed by atoms with Gasteiger partial charge in [0, 0.05) is 44.3 Å². The molecule has 3 heterocycles. The molecule has 3 aliphatic rings. The van der Waals surface area contributed by atoms with Crippen molar-refractivity contribution >= 4 is 24.1 Å². The van der Waals surface area contributed by atoms with E-state index in [0.717, 1.165) is 41.9 Å². The smallest absolute Gasteiger partial charge is 0.338 e. The Morgan fingerprint density at radius 3 is 2.80 bits per heavy atom. The van der Waals surface area contributed by atoms with Crippen LogP contribution in [0.2, 0.25) is 0 Å². The van der Waals surface area contributed by atoms with E-state index >= 15 is 0 Å². The quantitative estimate of drug-likeness (QED) is 0.506. The number of piperazine rings is 1. The monoisotopic (exact) mass is 501 g/mol. The normalized spacial score (nSPS) is 23.0. The molecular weight excluding hydrogens is 473 g/mol. The molecule has 35 heavy (non-hydrogen) atoms. The maximum Gasteiger partial charge on any atom is 0.338 e. The van der Waals surface area contributed by atoms with Gasteiger partial charge in [-0.25, -0.2) is 14.0 Å². The summed E-state index contributed by atoms with van der Waals surface area (Å²) < 4.78 is 25.5. The number of aliphatic hydroxyl groups excluding tert-OH is 1. The van der Waals surface area contributed by atoms with Crippen molar-refractivity contribution < 1.29 is 23.8 Å². The lowest BCUT2D eigenvalue weighted by atomic mass is 9.95. The van der Waals surface area contributed by atoms with Gasteiger partial charge >= 0.3 is 5.97 Å². The van der Waals surface area contributed by atoms with Crippen molar-refractivity contribution in [2.24, 2.45) is 0 Å². The van der Waals surface area contributed by atoms with Gasteiger partial charge in [0.2, 0.25) is 5.69 Å². The van der Waals surface area contributed by atoms with Gasteiger partial charge in [-0.05, 0) is 48.2 Å². The molecule has 1 N–H and O–H groups in total. The fourth-order valence-electron chi connectivity index (χ4n) is 5.38. The third-order valence-corrected chi connectivity index (χ3v) is 7.34. The van der Waals surface area contributed by atoms with Gasteiger partial charge < -0.3 is 14.6 Å². The predicted octanol–water partition coefficient (Wildman–Crippen LogP) is 3.88. The number of morpholine rings is 1. The van der Waals surface area contributed by atoms with E-state index in [1.54, 1.807) is 13.0 Å². The molecule has 0 aromatic heterocycles. The number of hydrogen-bond acceptors (Lipinski definition) is 6. The molecule has 0 radical (unpaired) electrons. The van der Waals surface area contributed by atoms with E-state index in [4.69, 9.17) is 16.0 Å². The molecule has 9 heteroatoms. The lowest BCUT2D eigenvalue weighted by Crippen LogP contribution is -2.58. The largest absolute Gasteiger partial charge is 0.457 e. The van der Waals surface area contributed by atoms with Gasteiger partial charge in [-0.2, -0.15) is 0 Å². The molecule has 3 atom stereocenters. The molecule has 0 bridgehead atoms. The number of esters is 1. The summed E-state index contributed by atoms with van der Waals surface area (Å²) in [7, 11) is 0. The highest BCUT2D eigenvalue weighted by atomic mass is 35.5. The zero-order chi connectivity index (χ0) is 24.0. The first-order valence-corrected chi connectivity index (χ1v) is 11.6. The summed E-state index contributed by atoms with van der Waals surface area (Å²) in [5.41, 5.74) is 4.69. The van der Waals surface area contributed by atoms with Crippen molar-refractivity contribution in [3.05, 3.63) is 74.9 Å². The van der Waals surface area contributed by atoms with Crippen molar-refractivity contribution in [1.29, 1.82) is 0 Å². The van der Waals surface area contributed by atoms with E-state index in [0.29, 0.717) is 30.8 Å². The molecule has 2 aromatic carbocycles. The fraction of sp³-hybridized carbons (Fsp3) is 0.462. The minimum atomic E-state index is -0.656. The molecule has 186 valence electrons. The van der Waals surface area contributed by atoms with E-state index in [9.17, 15) is 14.3 Å². The number of benzene rings is 2. The Morgan fingerprint density at radius 2 is 2.06 bits per heavy atom. The summed E-state index contributed by atoms with van der Waals surface area (Å²) in [6, 6.07) is 7.06. The minimum absolute atomic E-state index is 0. The Bertz CT molecular complexity index is 1160. The van der Waals surface area contributed by atoms with Gasteiger partial charge in [0.25, 0.3) is 0 Å². The van der Waals surface area contributed by atoms with Gasteiger partial charge in [-0.1, -0.05) is 12.1 Å². The molecule has 0 spiro atoms. The van der Waals surface area contributed by atoms with E-state index in [2.05, 4.69) is 14.6 Å². The first-order chi connectivity index (χ1) is 16.4. The van der Waals surface area contributed by atoms with Crippen LogP contribution < -0.4 is 0 Å². The number of aryl methyl sites for hydroxylation is 1. The van der Waals surface area contributed by atoms with Gasteiger partial charge in [-0.15, -0.1) is 12.4 Å². The molecule has 7 nitrogen and oxygen atoms in total. The summed E-state index contributed by atoms with van der Waals surface area (Å²) in [5, 5.41) is 11.0. The van der Waals surface area contributed by atoms with Gasteiger partial charge in [0.1, 0.15) is 12.4 Å². The van der Waals surface area contributed by atoms with Crippen molar-refractivity contribution in [1.82, 2.24) is 9.80 Å². The second-order valence-corrected chi connectivity index (χ2v) is 9.41. The number of rotatable bonds is 4. The van der Waals surface area contributed by atoms with Crippen LogP contribution in [0.1, 0.15) is 50.4 Å². The number of ether oxygens (including phenoxy) is 2. The van der Waals surface area contributed by atoms with Crippen molar-refractivity contribution in [2.75, 3.05) is 39.3 Å². The average Bonchev–Trinajstić information content (AvgIpc) is 3.20. The van der Waals surface area contributed by atoms with Crippen LogP contribution in [-0.2, 0) is 16.1 Å². The van der Waals surface area contributed by atoms with Crippen LogP contribution in [0.15, 0.2) is 24.3 Å². The van der Waals surface area contributed by atoms with Crippen LogP contribution in [0.5, 0.6) is 0 Å². The lowest BCUT2D eigenvalue weighted by Gasteiger charge is -2.46. The maximum atomic E-state index is 14.3. The average molecular weight is 502 g/mol. The number of cyclic esters (lactones) is 1. The Balaban J connectivity index is 0.00000289. The highest BCUT2D eigenvalue weighted by Crippen LogP contribution is 2.33. The van der Waals surface area contributed by atoms with Gasteiger partial charge in [-0.3, -0.25) is 9.80 Å². The molecule has 2 aromatic rings. The number of halogens is 2. The summed E-state index contributed by atoms with van der Waals surface area (Å²) >= 11 is 0. The van der Waals surface area contributed by atoms with E-state index in [-0.39, 0.29) is 42.8 Å². The third kappa shape index (κ3) is 4.80. The second-order valence-electron chi connectivity index (χ2n) is 9.41. The van der Waals surface area contributed by atoms with Crippen LogP contribution in [0.3, 0.4) is 0 Å². The summed E-state index contributed by atoms with van der Waals surface area (Å²) in [4.78, 5) is 19.7. The number of hydrogen-bond donors (Lipinski definition) is 1. The Kier molecular flexibility index (Phi) is 7.46. The standard InChI is InChI=1S/C26H28FN3O4.ClH/c1-15-8-17(9-22(27)25(15)28-3)24-12-30-7-6-29(10-18(30)13-33-24)11-23(31)19-4-5-20-21(16(19)2)14-34-26(20)32;/h4-5,8-9,18,23-24,31H,6-7,10-14H2,1-2H3;1H/t18-,23+,24-;/m1./s1. The molecule has 0 aliphatic carbocycles. The molecule has 0 saturated carbocycles. The second kappa shape index (κ2) is 10.2. The lowest BCUT2D eigenvalue weighted by molar-refractivity contribution is -0.0938. The summed E-state index contributed by atoms with van der Waals surface area (Å²) in [5.74, 6) is -0.793. The summed E-state index contributed by atoms with van der Waals surface area (Å²) in [6.07, 6.45) is -0.878. The fourth-order valence-corrected chi connectivity index (χ4v) is 5.38. The topological polar surface area (TPSA) is 66.6 Å². The molecule has 5 rings (SSSR count). The molecule has 2 saturated heterocycles. The summed E-state index contributed by atoms with van der Waals surface area (Å²) in [6.45, 7) is 15.2. The number of fused-ring (bicyclic) bond motifs is 2. The van der Waals surface area contributed by atoms with Gasteiger partial charge in [0.15, 0.2) is 0 Å². The third-order valence-electron chi connectivity index (χ3n) is 7.34. The molecule has 3 aliphatic heterocycles. The Labute approximate surface area is 210 Å². The van der Waals surface area contributed by atoms with Crippen LogP contribution in [0, 0.1) is 26.2 Å². The molecule has 0 unspecified atom stereocenters. The number of β-amino-alcohol motifs (C(OH)–C–C–N with tert-alkyl or cyclic N) is 1. The number of carbonyl (C=O) groups is 1. The molecule has 0 amide bonds. The Morgan fingerprint density at radius 1 is 1.26 bits per heavy atom. The predicted molar refractivity (Wildman–Crippen MR) is 130 cm³/mol. The van der Waals surface area contributed by atoms with Crippen LogP contribution in [0.4, 0.5) is 10.1 Å². The van der Waals surface area contributed by atoms with Crippen LogP contribution in [-0.4, -0.2) is 66.2 Å². The van der Waals surface area contributed by atoms with Crippen molar-refractivity contribution in [2.45, 2.75) is 38.7 Å². The minimum Gasteiger partial charge on any atom is -0.457 e. The van der Waals surface area contributed by atoms with E-state index in [1.165, 1.54) is 6.07 Å². The molecular formula is C26H29ClFN3O4. The number of aliphatic hydroxyl groups is 1. The molecule has 2 fully saturated rings. The van der Waals surface area contributed by atoms with E-state index in [1.807, 2.05) is 19.1 Å². The van der Waals surface area contributed by atoms with Crippen LogP contribution >= 0.6 is 12.4 Å². The van der Waals surface area contributed by atoms with Crippen molar-refractivity contribution in [3.8, 4) is 0 Å². The van der Waals surface area contributed by atoms with E-state index < -0.39 is 11.9 Å². The number of nitrogens with zero attached hydrogens (tertiary/aromatic N) is 3. The Hall–Kier alpha value is -2.54. The van der Waals surface area contributed by atoms with Crippen molar-refractivity contribution in [3.63, 3.8) is 0 Å². The number of carbonyl (C=O) groups excluding carboxylic acids is 1. The zero-order valence-corrected chi connectivity index (χ0v) is 20.6. The highest BCUT2D eigenvalue weighted by Gasteiger charge is 2.35. The maximum absolute atomic E-state index is 14.3. The first kappa shape index (κ1) is 25.5. The SMILES string of the molecule is Cl.[C-]#[N+]c1c(C)cc([C@H]2CN3CCN(C[C@H](O)c4ccc5c(c4C)COC5=O)C[C@@H]3CO2)cc1F.